The number of Topliss-reactive ketones (excluding diaryl/α,β-unsaturated/α-hetero) is 1. The van der Waals surface area contributed by atoms with Crippen molar-refractivity contribution < 1.29 is 33.4 Å². The van der Waals surface area contributed by atoms with Gasteiger partial charge in [0.05, 0.1) is 13.2 Å². The van der Waals surface area contributed by atoms with E-state index in [4.69, 9.17) is 14.2 Å². The smallest absolute Gasteiger partial charge is 0.320 e. The quantitative estimate of drug-likeness (QED) is 0.0837. The molecule has 0 aliphatic heterocycles. The lowest BCUT2D eigenvalue weighted by atomic mass is 9.71. The van der Waals surface area contributed by atoms with Crippen LogP contribution >= 0.6 is 0 Å². The summed E-state index contributed by atoms with van der Waals surface area (Å²) in [6.45, 7) is 9.73. The fraction of sp³-hybridized carbons (Fsp3) is 0.786. The summed E-state index contributed by atoms with van der Waals surface area (Å²) in [5, 5.41) is 0. The second-order valence-electron chi connectivity index (χ2n) is 9.63. The van der Waals surface area contributed by atoms with Crippen molar-refractivity contribution in [2.75, 3.05) is 13.2 Å². The van der Waals surface area contributed by atoms with Crippen molar-refractivity contribution in [3.05, 3.63) is 12.2 Å². The highest BCUT2D eigenvalue weighted by atomic mass is 16.5. The summed E-state index contributed by atoms with van der Waals surface area (Å²) in [5.74, 6) is -1.10. The first-order valence-corrected chi connectivity index (χ1v) is 13.4. The highest BCUT2D eigenvalue weighted by Crippen LogP contribution is 2.47. The van der Waals surface area contributed by atoms with Crippen molar-refractivity contribution in [2.24, 2.45) is 17.3 Å². The lowest BCUT2D eigenvalue weighted by Gasteiger charge is -2.31. The molecule has 0 heterocycles. The molecule has 7 heteroatoms. The number of esters is 3. The van der Waals surface area contributed by atoms with E-state index in [1.165, 1.54) is 6.92 Å². The van der Waals surface area contributed by atoms with E-state index >= 15 is 0 Å². The Balaban J connectivity index is 2.96. The van der Waals surface area contributed by atoms with Gasteiger partial charge in [0.25, 0.3) is 0 Å². The first-order valence-electron chi connectivity index (χ1n) is 13.4. The molecule has 0 amide bonds. The van der Waals surface area contributed by atoms with Crippen LogP contribution in [0.5, 0.6) is 0 Å². The van der Waals surface area contributed by atoms with E-state index in [2.05, 4.69) is 13.8 Å². The molecule has 1 saturated carbocycles. The van der Waals surface area contributed by atoms with E-state index in [9.17, 15) is 19.2 Å². The van der Waals surface area contributed by atoms with Crippen LogP contribution in [0.2, 0.25) is 0 Å². The molecule has 0 N–H and O–H groups in total. The maximum Gasteiger partial charge on any atom is 0.320 e. The molecule has 200 valence electrons. The zero-order valence-corrected chi connectivity index (χ0v) is 22.4. The molecule has 0 saturated heterocycles. The zero-order valence-electron chi connectivity index (χ0n) is 22.4. The van der Waals surface area contributed by atoms with E-state index in [1.807, 2.05) is 12.2 Å². The monoisotopic (exact) mass is 494 g/mol. The Morgan fingerprint density at radius 3 is 2.37 bits per heavy atom. The predicted octanol–water partition coefficient (Wildman–Crippen LogP) is 5.73. The first-order chi connectivity index (χ1) is 16.7. The fourth-order valence-electron chi connectivity index (χ4n) is 4.88. The molecule has 0 bridgehead atoms. The van der Waals surface area contributed by atoms with Crippen LogP contribution in [0.3, 0.4) is 0 Å². The zero-order chi connectivity index (χ0) is 26.3. The summed E-state index contributed by atoms with van der Waals surface area (Å²) >= 11 is 0. The van der Waals surface area contributed by atoms with E-state index in [1.54, 1.807) is 13.8 Å². The Morgan fingerprint density at radius 1 is 1.03 bits per heavy atom. The summed E-state index contributed by atoms with van der Waals surface area (Å²) in [6.07, 6.45) is 11.1. The lowest BCUT2D eigenvalue weighted by Crippen LogP contribution is -2.42. The number of hydrogen-bond donors (Lipinski definition) is 0. The van der Waals surface area contributed by atoms with Gasteiger partial charge in [-0.2, -0.15) is 0 Å². The largest absolute Gasteiger partial charge is 0.466 e. The molecule has 1 rings (SSSR count). The molecule has 0 radical (unpaired) electrons. The number of rotatable bonds is 17. The minimum atomic E-state index is -1.20. The van der Waals surface area contributed by atoms with Gasteiger partial charge in [-0.15, -0.1) is 0 Å². The van der Waals surface area contributed by atoms with Gasteiger partial charge in [-0.25, -0.2) is 0 Å². The number of hydrogen-bond acceptors (Lipinski definition) is 7. The maximum absolute atomic E-state index is 13.2. The van der Waals surface area contributed by atoms with Gasteiger partial charge in [0.2, 0.25) is 0 Å². The van der Waals surface area contributed by atoms with Gasteiger partial charge in [-0.3, -0.25) is 19.2 Å². The standard InChI is InChI=1S/C28H46O7/c1-6-9-10-13-24(35-22(5)29)17-15-23-16-18-25(30)28(23,27(32)34-8-3)20-19-21(4)12-11-14-26(31)33-7-2/h15,17,21,23-24H,6-14,16,18-20H2,1-5H3/t21?,23-,24?,28+/m0/s1. The second-order valence-corrected chi connectivity index (χ2v) is 9.63. The van der Waals surface area contributed by atoms with Crippen molar-refractivity contribution in [3.63, 3.8) is 0 Å². The SMILES string of the molecule is CCCCCC(C=C[C@H]1CCC(=O)[C@]1(CCC(C)CCCC(=O)OCC)C(=O)OCC)OC(C)=O. The summed E-state index contributed by atoms with van der Waals surface area (Å²) in [5.41, 5.74) is -1.20. The third-order valence-corrected chi connectivity index (χ3v) is 6.83. The molecule has 1 aliphatic rings. The molecule has 0 aromatic carbocycles. The Morgan fingerprint density at radius 2 is 1.74 bits per heavy atom. The Kier molecular flexibility index (Phi) is 14.5. The van der Waals surface area contributed by atoms with E-state index < -0.39 is 11.4 Å². The highest BCUT2D eigenvalue weighted by molar-refractivity contribution is 6.06. The molecule has 0 aromatic rings. The van der Waals surface area contributed by atoms with Gasteiger partial charge in [0, 0.05) is 25.7 Å². The van der Waals surface area contributed by atoms with Crippen molar-refractivity contribution >= 4 is 23.7 Å². The van der Waals surface area contributed by atoms with Crippen LogP contribution in [-0.2, 0) is 33.4 Å². The van der Waals surface area contributed by atoms with Crippen LogP contribution in [-0.4, -0.2) is 43.0 Å². The van der Waals surface area contributed by atoms with E-state index in [-0.39, 0.29) is 42.3 Å². The number of allylic oxidation sites excluding steroid dienone is 1. The Bertz CT molecular complexity index is 714. The van der Waals surface area contributed by atoms with Crippen molar-refractivity contribution in [2.45, 2.75) is 111 Å². The average Bonchev–Trinajstić information content (AvgIpc) is 3.12. The molecule has 2 unspecified atom stereocenters. The normalized spacial score (nSPS) is 21.6. The topological polar surface area (TPSA) is 96.0 Å². The van der Waals surface area contributed by atoms with Gasteiger partial charge in [0.1, 0.15) is 11.5 Å². The summed E-state index contributed by atoms with van der Waals surface area (Å²) in [7, 11) is 0. The highest BCUT2D eigenvalue weighted by Gasteiger charge is 2.55. The second kappa shape index (κ2) is 16.5. The van der Waals surface area contributed by atoms with Gasteiger partial charge in [-0.05, 0) is 64.4 Å². The number of carbonyl (C=O) groups is 4. The molecule has 1 aliphatic carbocycles. The maximum atomic E-state index is 13.2. The molecule has 1 fully saturated rings. The molecule has 0 spiro atoms. The van der Waals surface area contributed by atoms with E-state index in [0.717, 1.165) is 25.7 Å². The van der Waals surface area contributed by atoms with Gasteiger partial charge >= 0.3 is 17.9 Å². The Labute approximate surface area is 211 Å². The number of carbonyl (C=O) groups excluding carboxylic acids is 4. The fourth-order valence-corrected chi connectivity index (χ4v) is 4.88. The summed E-state index contributed by atoms with van der Waals surface area (Å²) in [4.78, 5) is 49.5. The van der Waals surface area contributed by atoms with Crippen molar-refractivity contribution in [1.29, 1.82) is 0 Å². The van der Waals surface area contributed by atoms with Crippen molar-refractivity contribution in [3.8, 4) is 0 Å². The van der Waals surface area contributed by atoms with Crippen molar-refractivity contribution in [1.82, 2.24) is 0 Å². The molecule has 0 aromatic heterocycles. The van der Waals surface area contributed by atoms with Crippen LogP contribution in [0, 0.1) is 17.3 Å². The number of unbranched alkanes of at least 4 members (excludes halogenated alkanes) is 2. The summed E-state index contributed by atoms with van der Waals surface area (Å²) < 4.78 is 15.9. The number of ether oxygens (including phenoxy) is 3. The summed E-state index contributed by atoms with van der Waals surface area (Å²) in [6, 6.07) is 0. The molecular weight excluding hydrogens is 448 g/mol. The van der Waals surface area contributed by atoms with Crippen LogP contribution < -0.4 is 0 Å². The third-order valence-electron chi connectivity index (χ3n) is 6.83. The van der Waals surface area contributed by atoms with Crippen LogP contribution in [0.15, 0.2) is 12.2 Å². The molecule has 7 nitrogen and oxygen atoms in total. The average molecular weight is 495 g/mol. The van der Waals surface area contributed by atoms with Crippen LogP contribution in [0.4, 0.5) is 0 Å². The van der Waals surface area contributed by atoms with Gasteiger partial charge in [-0.1, -0.05) is 39.2 Å². The lowest BCUT2D eigenvalue weighted by molar-refractivity contribution is -0.161. The first kappa shape index (κ1) is 30.9. The predicted molar refractivity (Wildman–Crippen MR) is 135 cm³/mol. The Hall–Kier alpha value is -2.18. The minimum Gasteiger partial charge on any atom is -0.466 e. The van der Waals surface area contributed by atoms with Crippen LogP contribution in [0.25, 0.3) is 0 Å². The third kappa shape index (κ3) is 10.1. The van der Waals surface area contributed by atoms with Gasteiger partial charge in [0.15, 0.2) is 5.78 Å². The van der Waals surface area contributed by atoms with E-state index in [0.29, 0.717) is 51.6 Å². The molecule has 35 heavy (non-hydrogen) atoms. The number of ketones is 1. The van der Waals surface area contributed by atoms with Gasteiger partial charge < -0.3 is 14.2 Å². The minimum absolute atomic E-state index is 0.0701. The van der Waals surface area contributed by atoms with Crippen LogP contribution in [0.1, 0.15) is 105 Å². The molecule has 4 atom stereocenters. The molecular formula is C28H46O7.